The first-order valence-electron chi connectivity index (χ1n) is 27.9. The van der Waals surface area contributed by atoms with Crippen molar-refractivity contribution in [2.75, 3.05) is 47.5 Å². The van der Waals surface area contributed by atoms with Crippen LogP contribution in [0.4, 0.5) is 0 Å². The van der Waals surface area contributed by atoms with Gasteiger partial charge in [-0.3, -0.25) is 14.2 Å². The number of phosphoric ester groups is 1. The van der Waals surface area contributed by atoms with Crippen LogP contribution in [0.15, 0.2) is 12.2 Å². The van der Waals surface area contributed by atoms with Gasteiger partial charge in [0.05, 0.1) is 27.7 Å². The highest BCUT2D eigenvalue weighted by Crippen LogP contribution is 2.38. The van der Waals surface area contributed by atoms with Crippen LogP contribution in [0, 0.1) is 0 Å². The lowest BCUT2D eigenvalue weighted by molar-refractivity contribution is -0.870. The van der Waals surface area contributed by atoms with E-state index < -0.39 is 26.5 Å². The third kappa shape index (κ3) is 52.0. The average Bonchev–Trinajstić information content (AvgIpc) is 3.26. The highest BCUT2D eigenvalue weighted by molar-refractivity contribution is 7.45. The number of ether oxygens (including phenoxy) is 2. The van der Waals surface area contributed by atoms with Crippen LogP contribution in [0.3, 0.4) is 0 Å². The van der Waals surface area contributed by atoms with Crippen molar-refractivity contribution < 1.29 is 42.1 Å². The van der Waals surface area contributed by atoms with Gasteiger partial charge in [-0.2, -0.15) is 0 Å². The van der Waals surface area contributed by atoms with E-state index in [0.717, 1.165) is 57.8 Å². The van der Waals surface area contributed by atoms with Gasteiger partial charge in [-0.1, -0.05) is 244 Å². The minimum absolute atomic E-state index is 0.0292. The van der Waals surface area contributed by atoms with Crippen molar-refractivity contribution in [2.45, 2.75) is 283 Å². The topological polar surface area (TPSA) is 111 Å². The summed E-state index contributed by atoms with van der Waals surface area (Å²) in [5.74, 6) is -0.831. The summed E-state index contributed by atoms with van der Waals surface area (Å²) in [6.07, 6.45) is 54.3. The Hall–Kier alpha value is -1.25. The van der Waals surface area contributed by atoms with Crippen molar-refractivity contribution in [1.82, 2.24) is 0 Å². The summed E-state index contributed by atoms with van der Waals surface area (Å²) in [6.45, 7) is 4.22. The number of carbonyl (C=O) groups is 2. The highest BCUT2D eigenvalue weighted by Gasteiger charge is 2.22. The zero-order chi connectivity index (χ0) is 47.8. The van der Waals surface area contributed by atoms with Gasteiger partial charge in [0.1, 0.15) is 19.8 Å². The molecule has 0 saturated carbocycles. The van der Waals surface area contributed by atoms with Crippen LogP contribution in [-0.2, 0) is 32.7 Å². The van der Waals surface area contributed by atoms with Crippen LogP contribution in [0.2, 0.25) is 0 Å². The number of hydrogen-bond acceptors (Lipinski definition) is 8. The Balaban J connectivity index is 3.94. The lowest BCUT2D eigenvalue weighted by Gasteiger charge is -2.28. The van der Waals surface area contributed by atoms with Gasteiger partial charge in [0.15, 0.2) is 6.10 Å². The molecule has 0 aliphatic rings. The van der Waals surface area contributed by atoms with Gasteiger partial charge in [-0.25, -0.2) is 0 Å². The molecule has 0 rings (SSSR count). The minimum atomic E-state index is -4.62. The van der Waals surface area contributed by atoms with Crippen molar-refractivity contribution in [2.24, 2.45) is 0 Å². The minimum Gasteiger partial charge on any atom is -0.756 e. The number of esters is 2. The van der Waals surface area contributed by atoms with E-state index in [1.807, 2.05) is 21.1 Å². The van der Waals surface area contributed by atoms with E-state index in [4.69, 9.17) is 18.5 Å². The molecule has 0 aromatic rings. The molecule has 0 N–H and O–H groups in total. The molecule has 0 saturated heterocycles. The van der Waals surface area contributed by atoms with E-state index in [2.05, 4.69) is 26.0 Å². The standard InChI is InChI=1S/C55H108NO8P/c1-6-8-10-12-14-16-18-19-20-21-22-23-24-25-26-27-28-29-30-31-32-33-34-35-36-38-39-41-43-45-47-54(57)61-51-53(52-63-65(59,60)62-50-49-56(3,4)5)64-55(58)48-46-44-42-40-37-17-15-13-11-9-7-2/h13,15,53H,6-12,14,16-52H2,1-5H3/b15-13-. The van der Waals surface area contributed by atoms with E-state index in [1.165, 1.54) is 186 Å². The first-order chi connectivity index (χ1) is 31.5. The number of rotatable bonds is 52. The molecule has 0 aromatic carbocycles. The zero-order valence-corrected chi connectivity index (χ0v) is 44.6. The Morgan fingerprint density at radius 2 is 0.800 bits per heavy atom. The third-order valence-electron chi connectivity index (χ3n) is 12.5. The maximum Gasteiger partial charge on any atom is 0.306 e. The van der Waals surface area contributed by atoms with Gasteiger partial charge in [-0.05, 0) is 32.1 Å². The van der Waals surface area contributed by atoms with Crippen LogP contribution < -0.4 is 4.89 Å². The summed E-state index contributed by atoms with van der Waals surface area (Å²) in [5, 5.41) is 0. The number of allylic oxidation sites excluding steroid dienone is 2. The van der Waals surface area contributed by atoms with Crippen molar-refractivity contribution >= 4 is 19.8 Å². The second-order valence-corrected chi connectivity index (χ2v) is 21.7. The Morgan fingerprint density at radius 1 is 0.462 bits per heavy atom. The number of hydrogen-bond donors (Lipinski definition) is 0. The van der Waals surface area contributed by atoms with E-state index in [0.29, 0.717) is 17.4 Å². The van der Waals surface area contributed by atoms with Gasteiger partial charge < -0.3 is 27.9 Å². The van der Waals surface area contributed by atoms with E-state index in [9.17, 15) is 19.0 Å². The predicted molar refractivity (Wildman–Crippen MR) is 273 cm³/mol. The van der Waals surface area contributed by atoms with Crippen molar-refractivity contribution in [3.63, 3.8) is 0 Å². The summed E-state index contributed by atoms with van der Waals surface area (Å²) >= 11 is 0. The van der Waals surface area contributed by atoms with Crippen molar-refractivity contribution in [1.29, 1.82) is 0 Å². The highest BCUT2D eigenvalue weighted by atomic mass is 31.2. The second kappa shape index (κ2) is 47.8. The van der Waals surface area contributed by atoms with E-state index in [-0.39, 0.29) is 32.0 Å². The predicted octanol–water partition coefficient (Wildman–Crippen LogP) is 16.2. The molecule has 2 atom stereocenters. The molecule has 0 spiro atoms. The molecule has 0 fully saturated rings. The first kappa shape index (κ1) is 63.8. The molecule has 9 nitrogen and oxygen atoms in total. The van der Waals surface area contributed by atoms with Gasteiger partial charge in [0.25, 0.3) is 7.82 Å². The lowest BCUT2D eigenvalue weighted by Crippen LogP contribution is -2.37. The lowest BCUT2D eigenvalue weighted by atomic mass is 10.0. The number of unbranched alkanes of at least 4 members (excludes halogenated alkanes) is 36. The Bertz CT molecular complexity index is 1110. The van der Waals surface area contributed by atoms with Crippen LogP contribution >= 0.6 is 7.82 Å². The molecule has 10 heteroatoms. The van der Waals surface area contributed by atoms with Crippen molar-refractivity contribution in [3.8, 4) is 0 Å². The molecule has 0 radical (unpaired) electrons. The maximum atomic E-state index is 12.7. The SMILES string of the molecule is CCCC/C=C\CCCCCCCC(=O)OC(COC(=O)CCCCCCCCCCCCCCCCCCCCCCCCCCCCCCCC)COP(=O)([O-])OCC[N+](C)(C)C. The molecular formula is C55H108NO8P. The molecule has 0 aromatic heterocycles. The average molecular weight is 942 g/mol. The molecule has 65 heavy (non-hydrogen) atoms. The summed E-state index contributed by atoms with van der Waals surface area (Å²) in [5.41, 5.74) is 0. The van der Waals surface area contributed by atoms with Crippen LogP contribution in [0.1, 0.15) is 277 Å². The fourth-order valence-electron chi connectivity index (χ4n) is 8.17. The quantitative estimate of drug-likeness (QED) is 0.0195. The third-order valence-corrected chi connectivity index (χ3v) is 13.5. The fourth-order valence-corrected chi connectivity index (χ4v) is 8.90. The second-order valence-electron chi connectivity index (χ2n) is 20.3. The largest absolute Gasteiger partial charge is 0.756 e. The summed E-state index contributed by atoms with van der Waals surface area (Å²) in [7, 11) is 1.17. The fraction of sp³-hybridized carbons (Fsp3) is 0.927. The smallest absolute Gasteiger partial charge is 0.306 e. The number of nitrogens with zero attached hydrogens (tertiary/aromatic N) is 1. The molecule has 0 heterocycles. The molecule has 0 amide bonds. The normalized spacial score (nSPS) is 13.4. The van der Waals surface area contributed by atoms with Crippen LogP contribution in [0.25, 0.3) is 0 Å². The molecule has 2 unspecified atom stereocenters. The van der Waals surface area contributed by atoms with E-state index in [1.54, 1.807) is 0 Å². The van der Waals surface area contributed by atoms with E-state index >= 15 is 0 Å². The Morgan fingerprint density at radius 3 is 1.18 bits per heavy atom. The Labute approximate surface area is 403 Å². The maximum absolute atomic E-state index is 12.7. The van der Waals surface area contributed by atoms with Gasteiger partial charge >= 0.3 is 11.9 Å². The van der Waals surface area contributed by atoms with Gasteiger partial charge in [-0.15, -0.1) is 0 Å². The van der Waals surface area contributed by atoms with Crippen LogP contribution in [-0.4, -0.2) is 70.0 Å². The number of carbonyl (C=O) groups excluding carboxylic acids is 2. The number of quaternary nitrogens is 1. The van der Waals surface area contributed by atoms with Crippen molar-refractivity contribution in [3.05, 3.63) is 12.2 Å². The summed E-state index contributed by atoms with van der Waals surface area (Å²) in [6, 6.07) is 0. The zero-order valence-electron chi connectivity index (χ0n) is 43.7. The van der Waals surface area contributed by atoms with Gasteiger partial charge in [0.2, 0.25) is 0 Å². The Kier molecular flexibility index (Phi) is 46.9. The number of phosphoric acid groups is 1. The molecule has 0 aliphatic carbocycles. The summed E-state index contributed by atoms with van der Waals surface area (Å²) < 4.78 is 34.0. The first-order valence-corrected chi connectivity index (χ1v) is 29.4. The number of likely N-dealkylation sites (N-methyl/N-ethyl adjacent to an activating group) is 1. The summed E-state index contributed by atoms with van der Waals surface area (Å²) in [4.78, 5) is 37.6. The monoisotopic (exact) mass is 942 g/mol. The van der Waals surface area contributed by atoms with Crippen LogP contribution in [0.5, 0.6) is 0 Å². The molecule has 0 aliphatic heterocycles. The van der Waals surface area contributed by atoms with Gasteiger partial charge in [0, 0.05) is 12.8 Å². The molecular weight excluding hydrogens is 834 g/mol. The molecule has 0 bridgehead atoms. The molecule has 386 valence electrons.